The maximum absolute atomic E-state index is 12.3. The minimum atomic E-state index is -0.654. The van der Waals surface area contributed by atoms with Crippen molar-refractivity contribution in [3.63, 3.8) is 0 Å². The van der Waals surface area contributed by atoms with E-state index in [1.807, 2.05) is 26.0 Å². The van der Waals surface area contributed by atoms with Crippen LogP contribution in [0.5, 0.6) is 0 Å². The molecule has 0 fully saturated rings. The van der Waals surface area contributed by atoms with E-state index in [0.29, 0.717) is 5.69 Å². The fraction of sp³-hybridized carbons (Fsp3) is 0.133. The van der Waals surface area contributed by atoms with E-state index in [-0.39, 0.29) is 16.3 Å². The highest BCUT2D eigenvalue weighted by Gasteiger charge is 2.23. The van der Waals surface area contributed by atoms with Crippen LogP contribution in [0, 0.1) is 24.0 Å². The van der Waals surface area contributed by atoms with Crippen LogP contribution >= 0.6 is 11.6 Å². The van der Waals surface area contributed by atoms with Crippen molar-refractivity contribution < 1.29 is 9.72 Å². The molecule has 0 atom stereocenters. The third kappa shape index (κ3) is 3.20. The van der Waals surface area contributed by atoms with Crippen molar-refractivity contribution >= 4 is 28.9 Å². The number of nitrogens with one attached hydrogen (secondary N) is 1. The van der Waals surface area contributed by atoms with Crippen molar-refractivity contribution in [2.45, 2.75) is 13.8 Å². The average molecular weight is 305 g/mol. The molecule has 0 aromatic heterocycles. The molecule has 5 nitrogen and oxygen atoms in total. The lowest BCUT2D eigenvalue weighted by molar-refractivity contribution is -0.385. The van der Waals surface area contributed by atoms with Gasteiger partial charge in [0.05, 0.1) is 4.92 Å². The first kappa shape index (κ1) is 15.0. The zero-order chi connectivity index (χ0) is 15.6. The molecule has 2 aromatic carbocycles. The molecule has 0 bridgehead atoms. The normalized spacial score (nSPS) is 10.2. The van der Waals surface area contributed by atoms with Crippen molar-refractivity contribution in [1.29, 1.82) is 0 Å². The lowest BCUT2D eigenvalue weighted by atomic mass is 10.1. The van der Waals surface area contributed by atoms with E-state index in [2.05, 4.69) is 5.32 Å². The molecule has 1 N–H and O–H groups in total. The molecule has 108 valence electrons. The molecular formula is C15H13ClN2O3. The maximum Gasteiger partial charge on any atom is 0.300 e. The topological polar surface area (TPSA) is 72.2 Å². The van der Waals surface area contributed by atoms with Gasteiger partial charge in [-0.25, -0.2) is 0 Å². The summed E-state index contributed by atoms with van der Waals surface area (Å²) in [5.41, 5.74) is 2.11. The number of anilines is 1. The minimum Gasteiger partial charge on any atom is -0.322 e. The van der Waals surface area contributed by atoms with Crippen LogP contribution < -0.4 is 5.32 Å². The first-order valence-electron chi connectivity index (χ1n) is 6.21. The van der Waals surface area contributed by atoms with E-state index in [1.165, 1.54) is 18.2 Å². The Morgan fingerprint density at radius 3 is 2.57 bits per heavy atom. The van der Waals surface area contributed by atoms with Crippen molar-refractivity contribution in [1.82, 2.24) is 0 Å². The molecule has 0 aliphatic rings. The zero-order valence-corrected chi connectivity index (χ0v) is 12.3. The molecule has 2 rings (SSSR count). The van der Waals surface area contributed by atoms with E-state index in [9.17, 15) is 14.9 Å². The molecule has 0 heterocycles. The molecular weight excluding hydrogens is 292 g/mol. The summed E-state index contributed by atoms with van der Waals surface area (Å²) in [7, 11) is 0. The summed E-state index contributed by atoms with van der Waals surface area (Å²) in [6.45, 7) is 3.80. The number of nitro groups is 1. The number of nitro benzene ring substituents is 1. The van der Waals surface area contributed by atoms with Crippen LogP contribution in [0.4, 0.5) is 11.4 Å². The molecule has 21 heavy (non-hydrogen) atoms. The van der Waals surface area contributed by atoms with Crippen LogP contribution in [0.2, 0.25) is 5.02 Å². The van der Waals surface area contributed by atoms with Crippen LogP contribution in [0.1, 0.15) is 21.5 Å². The molecule has 0 saturated heterocycles. The highest BCUT2D eigenvalue weighted by atomic mass is 35.5. The first-order valence-corrected chi connectivity index (χ1v) is 6.59. The molecule has 6 heteroatoms. The van der Waals surface area contributed by atoms with Gasteiger partial charge in [0, 0.05) is 5.69 Å². The largest absolute Gasteiger partial charge is 0.322 e. The summed E-state index contributed by atoms with van der Waals surface area (Å²) in [6, 6.07) is 9.80. The number of aryl methyl sites for hydroxylation is 2. The Hall–Kier alpha value is -2.40. The van der Waals surface area contributed by atoms with Crippen LogP contribution in [0.15, 0.2) is 36.4 Å². The van der Waals surface area contributed by atoms with Gasteiger partial charge >= 0.3 is 5.69 Å². The number of hydrogen-bond acceptors (Lipinski definition) is 3. The molecule has 0 unspecified atom stereocenters. The Kier molecular flexibility index (Phi) is 4.23. The number of hydrogen-bond donors (Lipinski definition) is 1. The number of amides is 1. The minimum absolute atomic E-state index is 0.0618. The molecule has 1 amide bonds. The summed E-state index contributed by atoms with van der Waals surface area (Å²) in [6.07, 6.45) is 0. The van der Waals surface area contributed by atoms with Gasteiger partial charge in [-0.1, -0.05) is 35.4 Å². The summed E-state index contributed by atoms with van der Waals surface area (Å²) < 4.78 is 0. The van der Waals surface area contributed by atoms with Crippen molar-refractivity contribution in [2.24, 2.45) is 0 Å². The van der Waals surface area contributed by atoms with Crippen molar-refractivity contribution in [3.05, 3.63) is 68.2 Å². The second-order valence-corrected chi connectivity index (χ2v) is 5.07. The molecule has 0 aliphatic heterocycles. The van der Waals surface area contributed by atoms with Crippen LogP contribution in [0.25, 0.3) is 0 Å². The second-order valence-electron chi connectivity index (χ2n) is 4.67. The lowest BCUT2D eigenvalue weighted by Gasteiger charge is -2.09. The highest BCUT2D eigenvalue weighted by molar-refractivity contribution is 6.33. The van der Waals surface area contributed by atoms with Gasteiger partial charge in [-0.15, -0.1) is 0 Å². The van der Waals surface area contributed by atoms with Gasteiger partial charge in [0.2, 0.25) is 0 Å². The number of benzene rings is 2. The van der Waals surface area contributed by atoms with E-state index >= 15 is 0 Å². The van der Waals surface area contributed by atoms with E-state index in [0.717, 1.165) is 11.1 Å². The van der Waals surface area contributed by atoms with Gasteiger partial charge in [-0.3, -0.25) is 14.9 Å². The lowest BCUT2D eigenvalue weighted by Crippen LogP contribution is -2.15. The molecule has 0 aliphatic carbocycles. The fourth-order valence-electron chi connectivity index (χ4n) is 2.03. The van der Waals surface area contributed by atoms with Crippen LogP contribution in [0.3, 0.4) is 0 Å². The monoisotopic (exact) mass is 304 g/mol. The molecule has 2 aromatic rings. The zero-order valence-electron chi connectivity index (χ0n) is 11.5. The number of nitrogens with zero attached hydrogens (tertiary/aromatic N) is 1. The van der Waals surface area contributed by atoms with Crippen LogP contribution in [-0.2, 0) is 0 Å². The predicted molar refractivity (Wildman–Crippen MR) is 82.0 cm³/mol. The maximum atomic E-state index is 12.3. The number of rotatable bonds is 3. The molecule has 0 saturated carbocycles. The average Bonchev–Trinajstić information content (AvgIpc) is 2.41. The second kappa shape index (κ2) is 5.93. The van der Waals surface area contributed by atoms with Gasteiger partial charge in [-0.2, -0.15) is 0 Å². The number of carbonyl (C=O) groups is 1. The Balaban J connectivity index is 2.37. The quantitative estimate of drug-likeness (QED) is 0.685. The Morgan fingerprint density at radius 1 is 1.24 bits per heavy atom. The molecule has 0 radical (unpaired) electrons. The smallest absolute Gasteiger partial charge is 0.300 e. The SMILES string of the molecule is Cc1ccc(NC(=O)c2cccc(Cl)c2[N+](=O)[O-])c(C)c1. The summed E-state index contributed by atoms with van der Waals surface area (Å²) in [5.74, 6) is -0.559. The number of carbonyl (C=O) groups excluding carboxylic acids is 1. The van der Waals surface area contributed by atoms with E-state index in [1.54, 1.807) is 6.07 Å². The summed E-state index contributed by atoms with van der Waals surface area (Å²) in [4.78, 5) is 22.7. The Morgan fingerprint density at radius 2 is 1.95 bits per heavy atom. The Bertz CT molecular complexity index is 729. The standard InChI is InChI=1S/C15H13ClN2O3/c1-9-6-7-13(10(2)8-9)17-15(19)11-4-3-5-12(16)14(11)18(20)21/h3-8H,1-2H3,(H,17,19). The third-order valence-electron chi connectivity index (χ3n) is 3.04. The first-order chi connectivity index (χ1) is 9.90. The predicted octanol–water partition coefficient (Wildman–Crippen LogP) is 4.12. The third-order valence-corrected chi connectivity index (χ3v) is 3.35. The summed E-state index contributed by atoms with van der Waals surface area (Å²) >= 11 is 5.80. The number of para-hydroxylation sites is 1. The van der Waals surface area contributed by atoms with Crippen molar-refractivity contribution in [3.8, 4) is 0 Å². The van der Waals surface area contributed by atoms with Gasteiger partial charge in [-0.05, 0) is 37.6 Å². The van der Waals surface area contributed by atoms with Gasteiger partial charge in [0.1, 0.15) is 10.6 Å². The van der Waals surface area contributed by atoms with Crippen molar-refractivity contribution in [2.75, 3.05) is 5.32 Å². The summed E-state index contributed by atoms with van der Waals surface area (Å²) in [5, 5.41) is 13.7. The van der Waals surface area contributed by atoms with Crippen LogP contribution in [-0.4, -0.2) is 10.8 Å². The fourth-order valence-corrected chi connectivity index (χ4v) is 2.27. The van der Waals surface area contributed by atoms with Gasteiger partial charge in [0.25, 0.3) is 5.91 Å². The van der Waals surface area contributed by atoms with E-state index < -0.39 is 10.8 Å². The van der Waals surface area contributed by atoms with Gasteiger partial charge < -0.3 is 5.32 Å². The van der Waals surface area contributed by atoms with E-state index in [4.69, 9.17) is 11.6 Å². The number of halogens is 1. The highest BCUT2D eigenvalue weighted by Crippen LogP contribution is 2.29. The molecule has 0 spiro atoms. The van der Waals surface area contributed by atoms with Gasteiger partial charge in [0.15, 0.2) is 0 Å². The Labute approximate surface area is 126 Å².